The molecule has 1 aliphatic rings. The maximum absolute atomic E-state index is 12.0. The lowest BCUT2D eigenvalue weighted by Gasteiger charge is -2.29. The lowest BCUT2D eigenvalue weighted by atomic mass is 9.94. The van der Waals surface area contributed by atoms with Crippen LogP contribution in [0.1, 0.15) is 45.4 Å². The molecule has 0 saturated heterocycles. The molecule has 1 amide bonds. The van der Waals surface area contributed by atoms with E-state index in [1.54, 1.807) is 0 Å². The summed E-state index contributed by atoms with van der Waals surface area (Å²) >= 11 is 1.95. The van der Waals surface area contributed by atoms with Crippen LogP contribution >= 0.6 is 11.8 Å². The molecule has 0 bridgehead atoms. The minimum atomic E-state index is 0.0123. The molecule has 1 atom stereocenters. The molecule has 1 unspecified atom stereocenters. The molecule has 0 spiro atoms. The third kappa shape index (κ3) is 4.88. The Kier molecular flexibility index (Phi) is 6.97. The maximum Gasteiger partial charge on any atom is 0.224 e. The van der Waals surface area contributed by atoms with Gasteiger partial charge in [-0.15, -0.1) is 0 Å². The molecule has 1 rings (SSSR count). The summed E-state index contributed by atoms with van der Waals surface area (Å²) in [6.07, 6.45) is 8.81. The van der Waals surface area contributed by atoms with Crippen molar-refractivity contribution in [3.05, 3.63) is 0 Å². The molecule has 0 radical (unpaired) electrons. The first-order valence-electron chi connectivity index (χ1n) is 6.74. The molecule has 0 aliphatic heterocycles. The van der Waals surface area contributed by atoms with Crippen molar-refractivity contribution in [1.29, 1.82) is 0 Å². The molecular weight excluding hydrogens is 232 g/mol. The number of thioether (sulfide) groups is 1. The van der Waals surface area contributed by atoms with Crippen LogP contribution in [0, 0.1) is 5.92 Å². The van der Waals surface area contributed by atoms with E-state index < -0.39 is 0 Å². The van der Waals surface area contributed by atoms with Gasteiger partial charge in [-0.05, 0) is 38.4 Å². The van der Waals surface area contributed by atoms with Gasteiger partial charge in [-0.25, -0.2) is 0 Å². The highest BCUT2D eigenvalue weighted by molar-refractivity contribution is 7.99. The quantitative estimate of drug-likeness (QED) is 0.767. The molecular formula is C13H26N2OS. The second-order valence-electron chi connectivity index (χ2n) is 4.94. The van der Waals surface area contributed by atoms with Gasteiger partial charge in [0, 0.05) is 17.8 Å². The van der Waals surface area contributed by atoms with Crippen LogP contribution in [-0.4, -0.2) is 30.0 Å². The van der Waals surface area contributed by atoms with Crippen molar-refractivity contribution in [2.24, 2.45) is 11.7 Å². The Bertz CT molecular complexity index is 227. The van der Waals surface area contributed by atoms with E-state index in [0.29, 0.717) is 12.6 Å². The van der Waals surface area contributed by atoms with Gasteiger partial charge in [0.05, 0.1) is 5.92 Å². The first kappa shape index (κ1) is 14.8. The lowest BCUT2D eigenvalue weighted by Crippen LogP contribution is -2.43. The Hall–Kier alpha value is -0.220. The Morgan fingerprint density at radius 3 is 2.53 bits per heavy atom. The van der Waals surface area contributed by atoms with Gasteiger partial charge < -0.3 is 11.1 Å². The summed E-state index contributed by atoms with van der Waals surface area (Å²) in [6, 6.07) is 0.386. The Labute approximate surface area is 109 Å². The van der Waals surface area contributed by atoms with Gasteiger partial charge in [0.1, 0.15) is 0 Å². The summed E-state index contributed by atoms with van der Waals surface area (Å²) in [5.41, 5.74) is 5.64. The Morgan fingerprint density at radius 2 is 2.06 bits per heavy atom. The summed E-state index contributed by atoms with van der Waals surface area (Å²) in [4.78, 5) is 12.0. The average molecular weight is 258 g/mol. The van der Waals surface area contributed by atoms with Gasteiger partial charge in [0.25, 0.3) is 0 Å². The molecule has 0 aromatic heterocycles. The van der Waals surface area contributed by atoms with Crippen LogP contribution in [0.3, 0.4) is 0 Å². The van der Waals surface area contributed by atoms with E-state index in [4.69, 9.17) is 5.73 Å². The van der Waals surface area contributed by atoms with E-state index in [2.05, 4.69) is 18.5 Å². The minimum Gasteiger partial charge on any atom is -0.353 e. The molecule has 4 heteroatoms. The van der Waals surface area contributed by atoms with Crippen LogP contribution < -0.4 is 11.1 Å². The normalized spacial score (nSPS) is 26.5. The van der Waals surface area contributed by atoms with Crippen LogP contribution in [0.15, 0.2) is 0 Å². The minimum absolute atomic E-state index is 0.0123. The number of nitrogens with two attached hydrogens (primary N) is 1. The van der Waals surface area contributed by atoms with Crippen molar-refractivity contribution in [3.8, 4) is 0 Å². The number of amides is 1. The smallest absolute Gasteiger partial charge is 0.224 e. The number of carbonyl (C=O) groups excluding carboxylic acids is 1. The fourth-order valence-corrected chi connectivity index (χ4v) is 3.21. The highest BCUT2D eigenvalue weighted by atomic mass is 32.2. The topological polar surface area (TPSA) is 55.1 Å². The molecule has 0 heterocycles. The summed E-state index contributed by atoms with van der Waals surface area (Å²) in [5, 5.41) is 3.97. The van der Waals surface area contributed by atoms with Crippen LogP contribution in [0.2, 0.25) is 0 Å². The van der Waals surface area contributed by atoms with E-state index in [9.17, 15) is 4.79 Å². The Morgan fingerprint density at radius 1 is 1.41 bits per heavy atom. The standard InChI is InChI=1S/C13H26N2OS/c1-3-4-10(9-14)13(16)15-11-5-7-12(17-2)8-6-11/h10-12H,3-9,14H2,1-2H3,(H,15,16). The van der Waals surface area contributed by atoms with Crippen molar-refractivity contribution in [2.75, 3.05) is 12.8 Å². The number of carbonyl (C=O) groups is 1. The zero-order valence-electron chi connectivity index (χ0n) is 11.1. The number of nitrogens with one attached hydrogen (secondary N) is 1. The average Bonchev–Trinajstić information content (AvgIpc) is 2.36. The van der Waals surface area contributed by atoms with Crippen molar-refractivity contribution in [3.63, 3.8) is 0 Å². The fraction of sp³-hybridized carbons (Fsp3) is 0.923. The molecule has 1 aliphatic carbocycles. The van der Waals surface area contributed by atoms with E-state index in [1.165, 1.54) is 12.8 Å². The monoisotopic (exact) mass is 258 g/mol. The first-order valence-corrected chi connectivity index (χ1v) is 8.03. The van der Waals surface area contributed by atoms with Crippen LogP contribution in [0.4, 0.5) is 0 Å². The van der Waals surface area contributed by atoms with Crippen molar-refractivity contribution >= 4 is 17.7 Å². The maximum atomic E-state index is 12.0. The molecule has 1 fully saturated rings. The van der Waals surface area contributed by atoms with E-state index in [-0.39, 0.29) is 11.8 Å². The Balaban J connectivity index is 2.31. The first-order chi connectivity index (χ1) is 8.21. The predicted molar refractivity (Wildman–Crippen MR) is 75.2 cm³/mol. The van der Waals surface area contributed by atoms with E-state index in [0.717, 1.165) is 30.9 Å². The summed E-state index contributed by atoms with van der Waals surface area (Å²) in [7, 11) is 0. The van der Waals surface area contributed by atoms with Crippen molar-refractivity contribution in [2.45, 2.75) is 56.7 Å². The van der Waals surface area contributed by atoms with Gasteiger partial charge in [-0.1, -0.05) is 13.3 Å². The summed E-state index contributed by atoms with van der Waals surface area (Å²) in [5.74, 6) is 0.181. The summed E-state index contributed by atoms with van der Waals surface area (Å²) < 4.78 is 0. The van der Waals surface area contributed by atoms with Gasteiger partial charge in [0.15, 0.2) is 0 Å². The van der Waals surface area contributed by atoms with Gasteiger partial charge in [-0.3, -0.25) is 4.79 Å². The van der Waals surface area contributed by atoms with E-state index in [1.807, 2.05) is 11.8 Å². The molecule has 0 aromatic rings. The number of hydrogen-bond donors (Lipinski definition) is 2. The molecule has 1 saturated carbocycles. The van der Waals surface area contributed by atoms with Crippen molar-refractivity contribution < 1.29 is 4.79 Å². The third-order valence-corrected chi connectivity index (χ3v) is 4.78. The van der Waals surface area contributed by atoms with Crippen LogP contribution in [0.5, 0.6) is 0 Å². The van der Waals surface area contributed by atoms with E-state index >= 15 is 0 Å². The van der Waals surface area contributed by atoms with Gasteiger partial charge in [-0.2, -0.15) is 11.8 Å². The molecule has 100 valence electrons. The SMILES string of the molecule is CCCC(CN)C(=O)NC1CCC(SC)CC1. The second-order valence-corrected chi connectivity index (χ2v) is 6.08. The molecule has 3 N–H and O–H groups in total. The number of rotatable bonds is 6. The third-order valence-electron chi connectivity index (χ3n) is 3.65. The highest BCUT2D eigenvalue weighted by Gasteiger charge is 2.24. The number of hydrogen-bond acceptors (Lipinski definition) is 3. The zero-order valence-corrected chi connectivity index (χ0v) is 11.9. The van der Waals surface area contributed by atoms with Gasteiger partial charge in [0.2, 0.25) is 5.91 Å². The predicted octanol–water partition coefficient (Wildman–Crippen LogP) is 2.15. The molecule has 3 nitrogen and oxygen atoms in total. The highest BCUT2D eigenvalue weighted by Crippen LogP contribution is 2.27. The largest absolute Gasteiger partial charge is 0.353 e. The van der Waals surface area contributed by atoms with Crippen LogP contribution in [-0.2, 0) is 4.79 Å². The van der Waals surface area contributed by atoms with Crippen molar-refractivity contribution in [1.82, 2.24) is 5.32 Å². The molecule has 17 heavy (non-hydrogen) atoms. The zero-order chi connectivity index (χ0) is 12.7. The second kappa shape index (κ2) is 7.98. The van der Waals surface area contributed by atoms with Crippen LogP contribution in [0.25, 0.3) is 0 Å². The summed E-state index contributed by atoms with van der Waals surface area (Å²) in [6.45, 7) is 2.57. The van der Waals surface area contributed by atoms with Gasteiger partial charge >= 0.3 is 0 Å². The molecule has 0 aromatic carbocycles. The fourth-order valence-electron chi connectivity index (χ4n) is 2.47. The lowest BCUT2D eigenvalue weighted by molar-refractivity contribution is -0.125.